The third-order valence-electron chi connectivity index (χ3n) is 5.05. The van der Waals surface area contributed by atoms with E-state index >= 15 is 0 Å². The molecule has 0 unspecified atom stereocenters. The molecule has 1 aliphatic heterocycles. The fourth-order valence-corrected chi connectivity index (χ4v) is 3.37. The van der Waals surface area contributed by atoms with E-state index in [0.717, 1.165) is 18.7 Å². The van der Waals surface area contributed by atoms with Crippen LogP contribution in [0.1, 0.15) is 44.7 Å². The summed E-state index contributed by atoms with van der Waals surface area (Å²) >= 11 is 0. The Hall–Kier alpha value is -2.40. The van der Waals surface area contributed by atoms with Gasteiger partial charge in [0.15, 0.2) is 0 Å². The van der Waals surface area contributed by atoms with Crippen LogP contribution >= 0.6 is 0 Å². The lowest BCUT2D eigenvalue weighted by atomic mass is 9.83. The number of nitrogens with one attached hydrogen (secondary N) is 1. The van der Waals surface area contributed by atoms with Crippen molar-refractivity contribution in [3.63, 3.8) is 0 Å². The molecule has 0 atom stereocenters. The first-order chi connectivity index (χ1) is 13.2. The standard InChI is InChI=1S/C23H28FNO3/c1-16-15-17(24)9-10-19(16)27-20-8-6-5-7-18(20)23(11-13-25-14-12-23)28-21(26)22(2,3)4/h5-10,15,25H,11-14H2,1-4H3. The topological polar surface area (TPSA) is 47.6 Å². The highest BCUT2D eigenvalue weighted by atomic mass is 19.1. The second-order valence-corrected chi connectivity index (χ2v) is 8.39. The molecule has 1 fully saturated rings. The summed E-state index contributed by atoms with van der Waals surface area (Å²) in [6.07, 6.45) is 1.33. The number of benzene rings is 2. The van der Waals surface area contributed by atoms with E-state index in [-0.39, 0.29) is 11.8 Å². The molecule has 0 amide bonds. The maximum Gasteiger partial charge on any atom is 0.312 e. The molecule has 1 N–H and O–H groups in total. The number of rotatable bonds is 4. The van der Waals surface area contributed by atoms with Crippen LogP contribution in [0.5, 0.6) is 11.5 Å². The number of para-hydroxylation sites is 1. The zero-order chi connectivity index (χ0) is 20.4. The quantitative estimate of drug-likeness (QED) is 0.745. The lowest BCUT2D eigenvalue weighted by Crippen LogP contribution is -2.45. The lowest BCUT2D eigenvalue weighted by Gasteiger charge is -2.40. The van der Waals surface area contributed by atoms with E-state index < -0.39 is 11.0 Å². The summed E-state index contributed by atoms with van der Waals surface area (Å²) in [6, 6.07) is 12.1. The summed E-state index contributed by atoms with van der Waals surface area (Å²) in [5, 5.41) is 3.33. The number of aryl methyl sites for hydroxylation is 1. The Bertz CT molecular complexity index is 851. The van der Waals surface area contributed by atoms with Gasteiger partial charge in [0.05, 0.1) is 5.41 Å². The van der Waals surface area contributed by atoms with E-state index in [1.165, 1.54) is 12.1 Å². The molecule has 0 bridgehead atoms. The highest BCUT2D eigenvalue weighted by molar-refractivity contribution is 5.76. The molecule has 1 heterocycles. The fraction of sp³-hybridized carbons (Fsp3) is 0.435. The van der Waals surface area contributed by atoms with Crippen LogP contribution in [0.15, 0.2) is 42.5 Å². The van der Waals surface area contributed by atoms with E-state index in [9.17, 15) is 9.18 Å². The first-order valence-corrected chi connectivity index (χ1v) is 9.69. The Morgan fingerprint density at radius 3 is 2.39 bits per heavy atom. The molecule has 2 aromatic carbocycles. The van der Waals surface area contributed by atoms with Gasteiger partial charge in [0.2, 0.25) is 0 Å². The van der Waals surface area contributed by atoms with Crippen LogP contribution in [-0.2, 0) is 15.1 Å². The van der Waals surface area contributed by atoms with E-state index in [1.54, 1.807) is 13.0 Å². The minimum absolute atomic E-state index is 0.234. The van der Waals surface area contributed by atoms with Crippen LogP contribution in [-0.4, -0.2) is 19.1 Å². The van der Waals surface area contributed by atoms with Crippen LogP contribution in [0.25, 0.3) is 0 Å². The minimum atomic E-state index is -0.750. The molecule has 150 valence electrons. The van der Waals surface area contributed by atoms with Crippen LogP contribution in [0, 0.1) is 18.2 Å². The highest BCUT2D eigenvalue weighted by Crippen LogP contribution is 2.43. The monoisotopic (exact) mass is 385 g/mol. The molecule has 0 aliphatic carbocycles. The van der Waals surface area contributed by atoms with E-state index in [4.69, 9.17) is 9.47 Å². The maximum atomic E-state index is 13.5. The molecular formula is C23H28FNO3. The first-order valence-electron chi connectivity index (χ1n) is 9.69. The number of piperidine rings is 1. The van der Waals surface area contributed by atoms with E-state index in [0.29, 0.717) is 29.9 Å². The zero-order valence-corrected chi connectivity index (χ0v) is 17.0. The van der Waals surface area contributed by atoms with Gasteiger partial charge in [-0.2, -0.15) is 0 Å². The van der Waals surface area contributed by atoms with Gasteiger partial charge in [-0.25, -0.2) is 4.39 Å². The Balaban J connectivity index is 2.00. The molecule has 3 rings (SSSR count). The molecule has 5 heteroatoms. The van der Waals surface area contributed by atoms with Crippen molar-refractivity contribution in [1.29, 1.82) is 0 Å². The molecule has 2 aromatic rings. The molecule has 0 spiro atoms. The average molecular weight is 385 g/mol. The summed E-state index contributed by atoms with van der Waals surface area (Å²) in [5.74, 6) is 0.676. The van der Waals surface area contributed by atoms with Gasteiger partial charge in [-0.05, 0) is 70.6 Å². The first kappa shape index (κ1) is 20.3. The number of hydrogen-bond acceptors (Lipinski definition) is 4. The summed E-state index contributed by atoms with van der Waals surface area (Å²) < 4.78 is 25.8. The van der Waals surface area contributed by atoms with Gasteiger partial charge in [0, 0.05) is 18.4 Å². The van der Waals surface area contributed by atoms with Gasteiger partial charge in [0.25, 0.3) is 0 Å². The smallest absolute Gasteiger partial charge is 0.312 e. The van der Waals surface area contributed by atoms with Gasteiger partial charge in [-0.15, -0.1) is 0 Å². The van der Waals surface area contributed by atoms with Crippen LogP contribution in [0.2, 0.25) is 0 Å². The Morgan fingerprint density at radius 1 is 1.07 bits per heavy atom. The lowest BCUT2D eigenvalue weighted by molar-refractivity contribution is -0.174. The van der Waals surface area contributed by atoms with Crippen molar-refractivity contribution in [3.8, 4) is 11.5 Å². The molecule has 1 saturated heterocycles. The van der Waals surface area contributed by atoms with Crippen molar-refractivity contribution in [2.75, 3.05) is 13.1 Å². The Morgan fingerprint density at radius 2 is 1.75 bits per heavy atom. The number of carbonyl (C=O) groups is 1. The Labute approximate surface area is 166 Å². The number of carbonyl (C=O) groups excluding carboxylic acids is 1. The van der Waals surface area contributed by atoms with E-state index in [2.05, 4.69) is 5.32 Å². The van der Waals surface area contributed by atoms with Crippen molar-refractivity contribution in [1.82, 2.24) is 5.32 Å². The number of halogens is 1. The van der Waals surface area contributed by atoms with Crippen molar-refractivity contribution in [3.05, 3.63) is 59.4 Å². The molecular weight excluding hydrogens is 357 g/mol. The summed E-state index contributed by atoms with van der Waals surface area (Å²) in [7, 11) is 0. The molecule has 0 aromatic heterocycles. The third-order valence-corrected chi connectivity index (χ3v) is 5.05. The number of ether oxygens (including phenoxy) is 2. The average Bonchev–Trinajstić information content (AvgIpc) is 2.64. The molecule has 0 radical (unpaired) electrons. The highest BCUT2D eigenvalue weighted by Gasteiger charge is 2.42. The van der Waals surface area contributed by atoms with Crippen LogP contribution in [0.3, 0.4) is 0 Å². The van der Waals surface area contributed by atoms with Crippen molar-refractivity contribution < 1.29 is 18.7 Å². The van der Waals surface area contributed by atoms with Crippen molar-refractivity contribution in [2.45, 2.75) is 46.1 Å². The summed E-state index contributed by atoms with van der Waals surface area (Å²) in [5.41, 5.74) is 0.208. The molecule has 1 aliphatic rings. The maximum absolute atomic E-state index is 13.5. The normalized spacial score (nSPS) is 16.5. The van der Waals surface area contributed by atoms with Gasteiger partial charge in [-0.3, -0.25) is 4.79 Å². The van der Waals surface area contributed by atoms with Crippen LogP contribution in [0.4, 0.5) is 4.39 Å². The number of esters is 1. The third kappa shape index (κ3) is 4.36. The van der Waals surface area contributed by atoms with Crippen molar-refractivity contribution >= 4 is 5.97 Å². The predicted octanol–water partition coefficient (Wildman–Crippen LogP) is 5.09. The predicted molar refractivity (Wildman–Crippen MR) is 107 cm³/mol. The van der Waals surface area contributed by atoms with Gasteiger partial charge in [-0.1, -0.05) is 18.2 Å². The second-order valence-electron chi connectivity index (χ2n) is 8.39. The van der Waals surface area contributed by atoms with Gasteiger partial charge in [0.1, 0.15) is 22.9 Å². The van der Waals surface area contributed by atoms with E-state index in [1.807, 2.05) is 45.0 Å². The van der Waals surface area contributed by atoms with Crippen molar-refractivity contribution in [2.24, 2.45) is 5.41 Å². The van der Waals surface area contributed by atoms with Crippen LogP contribution < -0.4 is 10.1 Å². The minimum Gasteiger partial charge on any atom is -0.457 e. The summed E-state index contributed by atoms with van der Waals surface area (Å²) in [4.78, 5) is 12.7. The van der Waals surface area contributed by atoms with Gasteiger partial charge < -0.3 is 14.8 Å². The van der Waals surface area contributed by atoms with Gasteiger partial charge >= 0.3 is 5.97 Å². The summed E-state index contributed by atoms with van der Waals surface area (Å²) in [6.45, 7) is 8.88. The number of hydrogen-bond donors (Lipinski definition) is 1. The zero-order valence-electron chi connectivity index (χ0n) is 17.0. The SMILES string of the molecule is Cc1cc(F)ccc1Oc1ccccc1C1(OC(=O)C(C)(C)C)CCNCC1. The fourth-order valence-electron chi connectivity index (χ4n) is 3.37. The Kier molecular flexibility index (Phi) is 5.75. The molecule has 0 saturated carbocycles. The molecule has 28 heavy (non-hydrogen) atoms. The largest absolute Gasteiger partial charge is 0.457 e. The second kappa shape index (κ2) is 7.92. The molecule has 4 nitrogen and oxygen atoms in total.